The molecule has 6 nitrogen and oxygen atoms in total. The molecule has 3 rings (SSSR count). The second-order valence-electron chi connectivity index (χ2n) is 6.06. The summed E-state index contributed by atoms with van der Waals surface area (Å²) in [4.78, 5) is 12.2. The predicted octanol–water partition coefficient (Wildman–Crippen LogP) is 4.79. The van der Waals surface area contributed by atoms with Gasteiger partial charge in [-0.25, -0.2) is 17.2 Å². The Labute approximate surface area is 180 Å². The van der Waals surface area contributed by atoms with E-state index in [1.165, 1.54) is 25.3 Å². The molecule has 3 aromatic rings. The number of anilines is 2. The molecule has 156 valence electrons. The van der Waals surface area contributed by atoms with E-state index in [9.17, 15) is 22.0 Å². The summed E-state index contributed by atoms with van der Waals surface area (Å²) < 4.78 is 60.4. The molecule has 0 unspecified atom stereocenters. The number of rotatable bonds is 6. The Morgan fingerprint density at radius 1 is 0.933 bits per heavy atom. The second kappa shape index (κ2) is 8.80. The van der Waals surface area contributed by atoms with Crippen molar-refractivity contribution in [1.29, 1.82) is 0 Å². The van der Waals surface area contributed by atoms with Crippen LogP contribution < -0.4 is 14.8 Å². The maximum atomic E-state index is 13.3. The van der Waals surface area contributed by atoms with Gasteiger partial charge in [-0.05, 0) is 54.6 Å². The number of sulfonamides is 1. The van der Waals surface area contributed by atoms with Gasteiger partial charge in [0.05, 0.1) is 7.11 Å². The number of benzene rings is 3. The molecule has 1 amide bonds. The summed E-state index contributed by atoms with van der Waals surface area (Å²) in [6.45, 7) is 0. The van der Waals surface area contributed by atoms with Crippen LogP contribution in [0, 0.1) is 11.6 Å². The topological polar surface area (TPSA) is 84.5 Å². The van der Waals surface area contributed by atoms with Crippen molar-refractivity contribution in [3.63, 3.8) is 0 Å². The largest absolute Gasteiger partial charge is 0.495 e. The molecule has 0 saturated carbocycles. The lowest BCUT2D eigenvalue weighted by atomic mass is 10.2. The van der Waals surface area contributed by atoms with E-state index in [2.05, 4.69) is 26.0 Å². The summed E-state index contributed by atoms with van der Waals surface area (Å²) in [6.07, 6.45) is 0. The van der Waals surface area contributed by atoms with Crippen LogP contribution in [0.3, 0.4) is 0 Å². The fraction of sp³-hybridized carbons (Fsp3) is 0.0500. The third-order valence-corrected chi connectivity index (χ3v) is 5.92. The molecule has 0 atom stereocenters. The zero-order valence-electron chi connectivity index (χ0n) is 15.4. The first kappa shape index (κ1) is 21.7. The summed E-state index contributed by atoms with van der Waals surface area (Å²) in [5, 5.41) is 2.39. The zero-order chi connectivity index (χ0) is 21.9. The highest BCUT2D eigenvalue weighted by atomic mass is 79.9. The normalized spacial score (nSPS) is 11.1. The van der Waals surface area contributed by atoms with Crippen LogP contribution in [-0.4, -0.2) is 21.4 Å². The van der Waals surface area contributed by atoms with Gasteiger partial charge >= 0.3 is 0 Å². The van der Waals surface area contributed by atoms with Crippen LogP contribution in [0.5, 0.6) is 5.75 Å². The van der Waals surface area contributed by atoms with E-state index in [4.69, 9.17) is 4.74 Å². The first-order valence-corrected chi connectivity index (χ1v) is 10.7. The molecule has 0 heterocycles. The Bertz CT molecular complexity index is 1200. The Kier molecular flexibility index (Phi) is 6.37. The van der Waals surface area contributed by atoms with Gasteiger partial charge in [-0.15, -0.1) is 0 Å². The second-order valence-corrected chi connectivity index (χ2v) is 8.63. The standard InChI is InChI=1S/C20H15BrF2N2O4S/c1-29-18-9-2-12(20(26)24-15-7-8-16(22)17(23)11-15)10-19(18)30(27,28)25-14-5-3-13(21)4-6-14/h2-11,25H,1H3,(H,24,26). The molecule has 0 spiro atoms. The first-order chi connectivity index (χ1) is 14.2. The maximum absolute atomic E-state index is 13.3. The molecule has 0 aliphatic rings. The molecular formula is C20H15BrF2N2O4S. The minimum absolute atomic E-state index is 0.0169. The number of amides is 1. The third kappa shape index (κ3) is 4.95. The van der Waals surface area contributed by atoms with Gasteiger partial charge in [0.25, 0.3) is 15.9 Å². The first-order valence-electron chi connectivity index (χ1n) is 8.42. The molecule has 0 saturated heterocycles. The van der Waals surface area contributed by atoms with E-state index >= 15 is 0 Å². The Morgan fingerprint density at radius 3 is 2.23 bits per heavy atom. The fourth-order valence-corrected chi connectivity index (χ4v) is 4.05. The van der Waals surface area contributed by atoms with E-state index in [0.29, 0.717) is 5.69 Å². The summed E-state index contributed by atoms with van der Waals surface area (Å²) in [6, 6.07) is 13.2. The third-order valence-electron chi connectivity index (χ3n) is 3.99. The number of carbonyl (C=O) groups is 1. The maximum Gasteiger partial charge on any atom is 0.265 e. The van der Waals surface area contributed by atoms with Gasteiger partial charge in [-0.2, -0.15) is 0 Å². The number of halogens is 3. The van der Waals surface area contributed by atoms with Crippen molar-refractivity contribution < 1.29 is 26.7 Å². The van der Waals surface area contributed by atoms with Crippen molar-refractivity contribution >= 4 is 43.2 Å². The molecule has 10 heteroatoms. The number of hydrogen-bond acceptors (Lipinski definition) is 4. The summed E-state index contributed by atoms with van der Waals surface area (Å²) in [5.41, 5.74) is 0.320. The quantitative estimate of drug-likeness (QED) is 0.513. The van der Waals surface area contributed by atoms with Crippen LogP contribution in [0.1, 0.15) is 10.4 Å². The number of methoxy groups -OCH3 is 1. The lowest BCUT2D eigenvalue weighted by Crippen LogP contribution is -2.17. The molecule has 0 radical (unpaired) electrons. The number of nitrogens with one attached hydrogen (secondary N) is 2. The van der Waals surface area contributed by atoms with Crippen LogP contribution in [-0.2, 0) is 10.0 Å². The van der Waals surface area contributed by atoms with Crippen molar-refractivity contribution in [2.24, 2.45) is 0 Å². The molecule has 0 fully saturated rings. The number of carbonyl (C=O) groups excluding carboxylic acids is 1. The number of hydrogen-bond donors (Lipinski definition) is 2. The fourth-order valence-electron chi connectivity index (χ4n) is 2.53. The smallest absolute Gasteiger partial charge is 0.265 e. The Balaban J connectivity index is 1.91. The van der Waals surface area contributed by atoms with Gasteiger partial charge in [0.15, 0.2) is 11.6 Å². The molecule has 3 aromatic carbocycles. The van der Waals surface area contributed by atoms with Crippen molar-refractivity contribution in [3.05, 3.63) is 82.3 Å². The van der Waals surface area contributed by atoms with Crippen molar-refractivity contribution in [2.75, 3.05) is 17.1 Å². The van der Waals surface area contributed by atoms with Crippen molar-refractivity contribution in [2.45, 2.75) is 4.90 Å². The van der Waals surface area contributed by atoms with E-state index in [0.717, 1.165) is 22.7 Å². The highest BCUT2D eigenvalue weighted by Crippen LogP contribution is 2.28. The van der Waals surface area contributed by atoms with E-state index in [-0.39, 0.29) is 21.9 Å². The van der Waals surface area contributed by atoms with Gasteiger partial charge in [-0.3, -0.25) is 9.52 Å². The monoisotopic (exact) mass is 496 g/mol. The lowest BCUT2D eigenvalue weighted by Gasteiger charge is -2.13. The summed E-state index contributed by atoms with van der Waals surface area (Å²) in [5.74, 6) is -2.85. The van der Waals surface area contributed by atoms with E-state index in [1.54, 1.807) is 24.3 Å². The minimum atomic E-state index is -4.09. The van der Waals surface area contributed by atoms with Crippen LogP contribution in [0.2, 0.25) is 0 Å². The molecule has 0 aromatic heterocycles. The van der Waals surface area contributed by atoms with Gasteiger partial charge in [0.2, 0.25) is 0 Å². The van der Waals surface area contributed by atoms with Gasteiger partial charge in [-0.1, -0.05) is 15.9 Å². The van der Waals surface area contributed by atoms with Crippen LogP contribution >= 0.6 is 15.9 Å². The molecule has 0 bridgehead atoms. The van der Waals surface area contributed by atoms with Crippen LogP contribution in [0.15, 0.2) is 70.0 Å². The lowest BCUT2D eigenvalue weighted by molar-refractivity contribution is 0.102. The molecule has 2 N–H and O–H groups in total. The van der Waals surface area contributed by atoms with Crippen molar-refractivity contribution in [1.82, 2.24) is 0 Å². The van der Waals surface area contributed by atoms with E-state index in [1.807, 2.05) is 0 Å². The van der Waals surface area contributed by atoms with Gasteiger partial charge < -0.3 is 10.1 Å². The molecule has 0 aliphatic carbocycles. The van der Waals surface area contributed by atoms with Crippen LogP contribution in [0.4, 0.5) is 20.2 Å². The highest BCUT2D eigenvalue weighted by molar-refractivity contribution is 9.10. The molecular weight excluding hydrogens is 482 g/mol. The summed E-state index contributed by atoms with van der Waals surface area (Å²) in [7, 11) is -2.79. The van der Waals surface area contributed by atoms with Crippen LogP contribution in [0.25, 0.3) is 0 Å². The molecule has 30 heavy (non-hydrogen) atoms. The van der Waals surface area contributed by atoms with Gasteiger partial charge in [0, 0.05) is 27.5 Å². The average Bonchev–Trinajstić information content (AvgIpc) is 2.71. The minimum Gasteiger partial charge on any atom is -0.495 e. The van der Waals surface area contributed by atoms with Crippen molar-refractivity contribution in [3.8, 4) is 5.75 Å². The summed E-state index contributed by atoms with van der Waals surface area (Å²) >= 11 is 3.27. The average molecular weight is 497 g/mol. The Morgan fingerprint density at radius 2 is 1.60 bits per heavy atom. The van der Waals surface area contributed by atoms with E-state index < -0.39 is 27.6 Å². The zero-order valence-corrected chi connectivity index (χ0v) is 17.9. The molecule has 0 aliphatic heterocycles. The Hall–Kier alpha value is -2.98. The highest BCUT2D eigenvalue weighted by Gasteiger charge is 2.22. The van der Waals surface area contributed by atoms with Gasteiger partial charge in [0.1, 0.15) is 10.6 Å². The number of ether oxygens (including phenoxy) is 1. The SMILES string of the molecule is COc1ccc(C(=O)Nc2ccc(F)c(F)c2)cc1S(=O)(=O)Nc1ccc(Br)cc1. The predicted molar refractivity (Wildman–Crippen MR) is 112 cm³/mol.